The number of hydrogen-bond donors (Lipinski definition) is 0. The molecule has 64 heavy (non-hydrogen) atoms. The third-order valence-corrected chi connectivity index (χ3v) is 13.8. The average molecular weight is 816 g/mol. The van der Waals surface area contributed by atoms with E-state index in [1.807, 2.05) is 6.20 Å². The molecule has 2 heterocycles. The van der Waals surface area contributed by atoms with E-state index in [0.717, 1.165) is 33.1 Å². The zero-order valence-electron chi connectivity index (χ0n) is 35.5. The number of rotatable bonds is 5. The van der Waals surface area contributed by atoms with Crippen LogP contribution in [0.15, 0.2) is 212 Å². The molecule has 3 heteroatoms. The van der Waals surface area contributed by atoms with Crippen molar-refractivity contribution < 1.29 is 0 Å². The van der Waals surface area contributed by atoms with Crippen molar-refractivity contribution in [3.05, 3.63) is 224 Å². The fourth-order valence-corrected chi connectivity index (χ4v) is 10.6. The van der Waals surface area contributed by atoms with E-state index < -0.39 is 0 Å². The van der Waals surface area contributed by atoms with E-state index in [4.69, 9.17) is 9.97 Å². The van der Waals surface area contributed by atoms with Crippen LogP contribution in [0.4, 0.5) is 0 Å². The molecule has 0 aliphatic heterocycles. The molecule has 0 unspecified atom stereocenters. The highest BCUT2D eigenvalue weighted by molar-refractivity contribution is 6.23. The summed E-state index contributed by atoms with van der Waals surface area (Å²) < 4.78 is 2.37. The van der Waals surface area contributed by atoms with Crippen LogP contribution in [0.25, 0.3) is 116 Å². The number of nitrogens with zero attached hydrogens (tertiary/aromatic N) is 3. The van der Waals surface area contributed by atoms with Crippen LogP contribution in [-0.2, 0) is 5.41 Å². The van der Waals surface area contributed by atoms with Gasteiger partial charge >= 0.3 is 0 Å². The predicted octanol–water partition coefficient (Wildman–Crippen LogP) is 16.0. The second kappa shape index (κ2) is 13.9. The van der Waals surface area contributed by atoms with Gasteiger partial charge in [0.25, 0.3) is 0 Å². The lowest BCUT2D eigenvalue weighted by atomic mass is 9.80. The predicted molar refractivity (Wildman–Crippen MR) is 268 cm³/mol. The summed E-state index contributed by atoms with van der Waals surface area (Å²) in [5.41, 5.74) is 19.8. The highest BCUT2D eigenvalue weighted by Gasteiger charge is 2.36. The largest absolute Gasteiger partial charge is 0.309 e. The van der Waals surface area contributed by atoms with Crippen LogP contribution in [0, 0.1) is 0 Å². The van der Waals surface area contributed by atoms with Crippen molar-refractivity contribution in [1.29, 1.82) is 0 Å². The molecule has 3 nitrogen and oxygen atoms in total. The molecule has 2 aromatic heterocycles. The zero-order valence-corrected chi connectivity index (χ0v) is 35.5. The Kier molecular flexibility index (Phi) is 7.95. The third-order valence-electron chi connectivity index (χ3n) is 13.8. The van der Waals surface area contributed by atoms with Crippen molar-refractivity contribution in [3.63, 3.8) is 0 Å². The van der Waals surface area contributed by atoms with Crippen molar-refractivity contribution >= 4 is 54.4 Å². The van der Waals surface area contributed by atoms with E-state index in [1.165, 1.54) is 93.9 Å². The van der Waals surface area contributed by atoms with E-state index in [0.29, 0.717) is 0 Å². The van der Waals surface area contributed by atoms with Crippen molar-refractivity contribution in [2.24, 2.45) is 0 Å². The molecule has 300 valence electrons. The molecule has 0 amide bonds. The molecule has 0 atom stereocenters. The minimum atomic E-state index is -0.170. The second-order valence-corrected chi connectivity index (χ2v) is 17.8. The molecule has 0 saturated heterocycles. The standard InChI is InChI=1S/C61H41N3/c1-61(2)54-35-42(39-25-23-38(24-26-39)41-29-32-58-53(34-41)50-19-10-11-22-57(50)64(58)45-15-4-3-5-16-45)27-30-48(54)49-31-28-43(36-55(49)61)40-13-12-14-44(33-40)56-37-62-59-51-20-8-6-17-46(51)47-18-7-9-21-52(47)60(59)63-56/h3-37H,1-2H3. The molecular weight excluding hydrogens is 775 g/mol. The van der Waals surface area contributed by atoms with Crippen LogP contribution in [0.2, 0.25) is 0 Å². The summed E-state index contributed by atoms with van der Waals surface area (Å²) in [6, 6.07) is 75.2. The lowest BCUT2D eigenvalue weighted by molar-refractivity contribution is 0.661. The monoisotopic (exact) mass is 815 g/mol. The molecule has 1 aliphatic rings. The molecule has 0 N–H and O–H groups in total. The maximum Gasteiger partial charge on any atom is 0.0979 e. The first kappa shape index (κ1) is 36.5. The third kappa shape index (κ3) is 5.54. The number of aromatic nitrogens is 3. The van der Waals surface area contributed by atoms with Crippen molar-refractivity contribution in [2.45, 2.75) is 19.3 Å². The number of hydrogen-bond acceptors (Lipinski definition) is 2. The Hall–Kier alpha value is -8.14. The Labute approximate surface area is 371 Å². The number of fused-ring (bicyclic) bond motifs is 12. The van der Waals surface area contributed by atoms with Gasteiger partial charge in [-0.3, -0.25) is 4.98 Å². The van der Waals surface area contributed by atoms with Gasteiger partial charge in [0.1, 0.15) is 0 Å². The van der Waals surface area contributed by atoms with Crippen LogP contribution in [0.5, 0.6) is 0 Å². The normalized spacial score (nSPS) is 13.0. The summed E-state index contributed by atoms with van der Waals surface area (Å²) in [5, 5.41) is 7.19. The molecule has 1 aliphatic carbocycles. The minimum Gasteiger partial charge on any atom is -0.309 e. The molecule has 10 aromatic carbocycles. The van der Waals surface area contributed by atoms with E-state index in [1.54, 1.807) is 0 Å². The number of para-hydroxylation sites is 2. The fraction of sp³-hybridized carbons (Fsp3) is 0.0492. The van der Waals surface area contributed by atoms with Gasteiger partial charge in [-0.25, -0.2) is 4.98 Å². The van der Waals surface area contributed by atoms with Crippen molar-refractivity contribution in [3.8, 4) is 61.5 Å². The van der Waals surface area contributed by atoms with E-state index in [-0.39, 0.29) is 5.41 Å². The lowest BCUT2D eigenvalue weighted by Crippen LogP contribution is -2.15. The van der Waals surface area contributed by atoms with E-state index in [2.05, 4.69) is 225 Å². The Morgan fingerprint density at radius 3 is 1.55 bits per heavy atom. The van der Waals surface area contributed by atoms with Crippen LogP contribution in [-0.4, -0.2) is 14.5 Å². The Morgan fingerprint density at radius 2 is 0.859 bits per heavy atom. The summed E-state index contributed by atoms with van der Waals surface area (Å²) in [6.07, 6.45) is 1.93. The maximum absolute atomic E-state index is 5.29. The van der Waals surface area contributed by atoms with Gasteiger partial charge in [0.15, 0.2) is 0 Å². The maximum atomic E-state index is 5.29. The van der Waals surface area contributed by atoms with Crippen LogP contribution < -0.4 is 0 Å². The first-order valence-electron chi connectivity index (χ1n) is 22.1. The fourth-order valence-electron chi connectivity index (χ4n) is 10.6. The van der Waals surface area contributed by atoms with Crippen LogP contribution >= 0.6 is 0 Å². The van der Waals surface area contributed by atoms with Gasteiger partial charge in [-0.1, -0.05) is 172 Å². The summed E-state index contributed by atoms with van der Waals surface area (Å²) in [6.45, 7) is 4.74. The van der Waals surface area contributed by atoms with Crippen molar-refractivity contribution in [2.75, 3.05) is 0 Å². The zero-order chi connectivity index (χ0) is 42.5. The topological polar surface area (TPSA) is 30.7 Å². The van der Waals surface area contributed by atoms with Crippen LogP contribution in [0.3, 0.4) is 0 Å². The summed E-state index contributed by atoms with van der Waals surface area (Å²) in [4.78, 5) is 10.3. The molecule has 12 aromatic rings. The van der Waals surface area contributed by atoms with Gasteiger partial charge in [-0.05, 0) is 115 Å². The SMILES string of the molecule is CC1(C)c2cc(-c3ccc(-c4ccc5c(c4)c4ccccc4n5-c4ccccc4)cc3)ccc2-c2ccc(-c3cccc(-c4cnc5c6ccccc6c6ccccc6c5n4)c3)cc21. The van der Waals surface area contributed by atoms with Crippen molar-refractivity contribution in [1.82, 2.24) is 14.5 Å². The minimum absolute atomic E-state index is 0.170. The first-order valence-corrected chi connectivity index (χ1v) is 22.1. The lowest BCUT2D eigenvalue weighted by Gasteiger charge is -2.22. The van der Waals surface area contributed by atoms with E-state index >= 15 is 0 Å². The molecule has 0 spiro atoms. The summed E-state index contributed by atoms with van der Waals surface area (Å²) >= 11 is 0. The highest BCUT2D eigenvalue weighted by Crippen LogP contribution is 2.51. The Bertz CT molecular complexity index is 3820. The van der Waals surface area contributed by atoms with E-state index in [9.17, 15) is 0 Å². The quantitative estimate of drug-likeness (QED) is 0.162. The molecule has 0 fully saturated rings. The molecular formula is C61H41N3. The second-order valence-electron chi connectivity index (χ2n) is 17.8. The van der Waals surface area contributed by atoms with Gasteiger partial charge in [-0.15, -0.1) is 0 Å². The summed E-state index contributed by atoms with van der Waals surface area (Å²) in [5.74, 6) is 0. The Morgan fingerprint density at radius 1 is 0.359 bits per heavy atom. The molecule has 0 bridgehead atoms. The van der Waals surface area contributed by atoms with Gasteiger partial charge in [0.2, 0.25) is 0 Å². The summed E-state index contributed by atoms with van der Waals surface area (Å²) in [7, 11) is 0. The number of benzene rings is 10. The smallest absolute Gasteiger partial charge is 0.0979 e. The Balaban J connectivity index is 0.809. The molecule has 0 radical (unpaired) electrons. The van der Waals surface area contributed by atoms with Gasteiger partial charge in [0, 0.05) is 38.2 Å². The van der Waals surface area contributed by atoms with Crippen LogP contribution in [0.1, 0.15) is 25.0 Å². The molecule has 0 saturated carbocycles. The highest BCUT2D eigenvalue weighted by atomic mass is 15.0. The first-order chi connectivity index (χ1) is 31.5. The molecule has 13 rings (SSSR count). The van der Waals surface area contributed by atoms with Gasteiger partial charge in [0.05, 0.1) is 34.0 Å². The van der Waals surface area contributed by atoms with Gasteiger partial charge in [-0.2, -0.15) is 0 Å². The average Bonchev–Trinajstić information content (AvgIpc) is 3.81. The van der Waals surface area contributed by atoms with Gasteiger partial charge < -0.3 is 4.57 Å².